The second-order valence-corrected chi connectivity index (χ2v) is 6.08. The highest BCUT2D eigenvalue weighted by Gasteiger charge is 2.14. The van der Waals surface area contributed by atoms with Crippen LogP contribution in [-0.4, -0.2) is 10.2 Å². The molecule has 0 aliphatic heterocycles. The van der Waals surface area contributed by atoms with E-state index in [1.54, 1.807) is 0 Å². The van der Waals surface area contributed by atoms with Crippen molar-refractivity contribution in [2.24, 2.45) is 5.92 Å². The predicted molar refractivity (Wildman–Crippen MR) is 76.7 cm³/mol. The number of thiophene rings is 1. The first-order valence-electron chi connectivity index (χ1n) is 6.42. The Morgan fingerprint density at radius 3 is 2.83 bits per heavy atom. The fraction of sp³-hybridized carbons (Fsp3) is 0.500. The molecular formula is C14H21N3S. The molecule has 0 aliphatic carbocycles. The minimum Gasteiger partial charge on any atom is -0.305 e. The number of rotatable bonds is 6. The average Bonchev–Trinajstić information content (AvgIpc) is 2.95. The van der Waals surface area contributed by atoms with Crippen LogP contribution in [0.2, 0.25) is 0 Å². The summed E-state index contributed by atoms with van der Waals surface area (Å²) < 4.78 is 0. The summed E-state index contributed by atoms with van der Waals surface area (Å²) in [5, 5.41) is 12.8. The Labute approximate surface area is 113 Å². The molecule has 0 bridgehead atoms. The van der Waals surface area contributed by atoms with Crippen molar-refractivity contribution in [2.75, 3.05) is 0 Å². The van der Waals surface area contributed by atoms with E-state index < -0.39 is 0 Å². The van der Waals surface area contributed by atoms with Gasteiger partial charge in [0.15, 0.2) is 0 Å². The lowest BCUT2D eigenvalue weighted by Gasteiger charge is -2.19. The molecule has 0 radical (unpaired) electrons. The fourth-order valence-electron chi connectivity index (χ4n) is 2.05. The molecule has 2 rings (SSSR count). The van der Waals surface area contributed by atoms with Crippen LogP contribution in [0, 0.1) is 12.8 Å². The van der Waals surface area contributed by atoms with Gasteiger partial charge < -0.3 is 5.32 Å². The molecule has 3 nitrogen and oxygen atoms in total. The number of H-pyrrole nitrogens is 1. The lowest BCUT2D eigenvalue weighted by Crippen LogP contribution is -2.21. The summed E-state index contributed by atoms with van der Waals surface area (Å²) in [6.45, 7) is 7.47. The molecule has 0 aromatic carbocycles. The van der Waals surface area contributed by atoms with Gasteiger partial charge >= 0.3 is 0 Å². The van der Waals surface area contributed by atoms with Gasteiger partial charge in [0.05, 0.1) is 6.20 Å². The van der Waals surface area contributed by atoms with Gasteiger partial charge in [0.25, 0.3) is 0 Å². The van der Waals surface area contributed by atoms with Gasteiger partial charge in [-0.15, -0.1) is 11.3 Å². The quantitative estimate of drug-likeness (QED) is 0.835. The molecule has 0 unspecified atom stereocenters. The first kappa shape index (κ1) is 13.3. The van der Waals surface area contributed by atoms with Gasteiger partial charge in [-0.05, 0) is 30.7 Å². The van der Waals surface area contributed by atoms with Crippen molar-refractivity contribution >= 4 is 11.3 Å². The summed E-state index contributed by atoms with van der Waals surface area (Å²) in [4.78, 5) is 1.42. The van der Waals surface area contributed by atoms with Crippen LogP contribution in [0.3, 0.4) is 0 Å². The molecule has 2 N–H and O–H groups in total. The van der Waals surface area contributed by atoms with Crippen LogP contribution in [0.1, 0.15) is 42.4 Å². The topological polar surface area (TPSA) is 40.7 Å². The standard InChI is InChI=1S/C14H21N3S/c1-10(2)7-13(14-5-4-6-18-14)15-8-12-9-16-17-11(12)3/h4-6,9-10,13,15H,7-8H2,1-3H3,(H,16,17)/t13-/m1/s1. The van der Waals surface area contributed by atoms with E-state index in [1.165, 1.54) is 10.4 Å². The molecule has 0 amide bonds. The average molecular weight is 263 g/mol. The molecule has 98 valence electrons. The first-order valence-corrected chi connectivity index (χ1v) is 7.30. The zero-order valence-electron chi connectivity index (χ0n) is 11.2. The van der Waals surface area contributed by atoms with Crippen molar-refractivity contribution < 1.29 is 0 Å². The van der Waals surface area contributed by atoms with E-state index >= 15 is 0 Å². The molecule has 2 aromatic heterocycles. The summed E-state index contributed by atoms with van der Waals surface area (Å²) in [6, 6.07) is 4.78. The molecule has 2 aromatic rings. The number of aryl methyl sites for hydroxylation is 1. The van der Waals surface area contributed by atoms with E-state index in [0.29, 0.717) is 12.0 Å². The van der Waals surface area contributed by atoms with Crippen LogP contribution in [-0.2, 0) is 6.54 Å². The fourth-order valence-corrected chi connectivity index (χ4v) is 2.86. The summed E-state index contributed by atoms with van der Waals surface area (Å²) in [5.41, 5.74) is 2.40. The molecule has 4 heteroatoms. The predicted octanol–water partition coefficient (Wildman–Crippen LogP) is 3.66. The SMILES string of the molecule is Cc1[nH]ncc1CN[C@H](CC(C)C)c1cccs1. The van der Waals surface area contributed by atoms with Crippen LogP contribution in [0.5, 0.6) is 0 Å². The summed E-state index contributed by atoms with van der Waals surface area (Å²) in [7, 11) is 0. The molecule has 2 heterocycles. The number of aromatic nitrogens is 2. The van der Waals surface area contributed by atoms with Crippen LogP contribution < -0.4 is 5.32 Å². The molecule has 18 heavy (non-hydrogen) atoms. The van der Waals surface area contributed by atoms with E-state index in [0.717, 1.165) is 18.7 Å². The van der Waals surface area contributed by atoms with Crippen molar-refractivity contribution in [1.29, 1.82) is 0 Å². The highest BCUT2D eigenvalue weighted by Crippen LogP contribution is 2.25. The molecular weight excluding hydrogens is 242 g/mol. The molecule has 1 atom stereocenters. The second-order valence-electron chi connectivity index (χ2n) is 5.10. The number of aromatic amines is 1. The summed E-state index contributed by atoms with van der Waals surface area (Å²) >= 11 is 1.83. The van der Waals surface area contributed by atoms with Gasteiger partial charge in [0.1, 0.15) is 0 Å². The molecule has 0 saturated heterocycles. The lowest BCUT2D eigenvalue weighted by molar-refractivity contribution is 0.433. The van der Waals surface area contributed by atoms with Gasteiger partial charge in [0.2, 0.25) is 0 Å². The Hall–Kier alpha value is -1.13. The normalized spacial score (nSPS) is 13.1. The van der Waals surface area contributed by atoms with Crippen LogP contribution >= 0.6 is 11.3 Å². The molecule has 0 aliphatic rings. The zero-order chi connectivity index (χ0) is 13.0. The maximum absolute atomic E-state index is 4.06. The first-order chi connectivity index (χ1) is 8.66. The van der Waals surface area contributed by atoms with Gasteiger partial charge in [0, 0.05) is 28.7 Å². The molecule has 0 saturated carbocycles. The third kappa shape index (κ3) is 3.43. The van der Waals surface area contributed by atoms with E-state index in [2.05, 4.69) is 53.8 Å². The monoisotopic (exact) mass is 263 g/mol. The van der Waals surface area contributed by atoms with Gasteiger partial charge in [-0.2, -0.15) is 5.10 Å². The van der Waals surface area contributed by atoms with Crippen LogP contribution in [0.4, 0.5) is 0 Å². The van der Waals surface area contributed by atoms with Crippen molar-refractivity contribution in [3.05, 3.63) is 39.8 Å². The Morgan fingerprint density at radius 1 is 1.44 bits per heavy atom. The van der Waals surface area contributed by atoms with Gasteiger partial charge in [-0.3, -0.25) is 5.10 Å². The number of hydrogen-bond acceptors (Lipinski definition) is 3. The largest absolute Gasteiger partial charge is 0.305 e. The second kappa shape index (κ2) is 6.16. The molecule has 0 spiro atoms. The van der Waals surface area contributed by atoms with Crippen LogP contribution in [0.25, 0.3) is 0 Å². The van der Waals surface area contributed by atoms with Crippen molar-refractivity contribution in [1.82, 2.24) is 15.5 Å². The number of nitrogens with one attached hydrogen (secondary N) is 2. The van der Waals surface area contributed by atoms with Gasteiger partial charge in [-0.25, -0.2) is 0 Å². The highest BCUT2D eigenvalue weighted by molar-refractivity contribution is 7.10. The van der Waals surface area contributed by atoms with E-state index in [9.17, 15) is 0 Å². The third-order valence-corrected chi connectivity index (χ3v) is 4.05. The van der Waals surface area contributed by atoms with Crippen molar-refractivity contribution in [3.63, 3.8) is 0 Å². The minimum absolute atomic E-state index is 0.444. The Kier molecular flexibility index (Phi) is 4.55. The lowest BCUT2D eigenvalue weighted by atomic mass is 10.0. The Morgan fingerprint density at radius 2 is 2.28 bits per heavy atom. The Balaban J connectivity index is 2.00. The molecule has 0 fully saturated rings. The van der Waals surface area contributed by atoms with E-state index in [1.807, 2.05) is 17.5 Å². The maximum Gasteiger partial charge on any atom is 0.0535 e. The Bertz CT molecular complexity index is 459. The number of hydrogen-bond donors (Lipinski definition) is 2. The maximum atomic E-state index is 4.06. The zero-order valence-corrected chi connectivity index (χ0v) is 12.1. The third-order valence-electron chi connectivity index (χ3n) is 3.07. The van der Waals surface area contributed by atoms with Crippen molar-refractivity contribution in [3.8, 4) is 0 Å². The van der Waals surface area contributed by atoms with Crippen molar-refractivity contribution in [2.45, 2.75) is 39.8 Å². The highest BCUT2D eigenvalue weighted by atomic mass is 32.1. The summed E-state index contributed by atoms with van der Waals surface area (Å²) in [5.74, 6) is 0.690. The minimum atomic E-state index is 0.444. The summed E-state index contributed by atoms with van der Waals surface area (Å²) in [6.07, 6.45) is 3.07. The smallest absolute Gasteiger partial charge is 0.0535 e. The van der Waals surface area contributed by atoms with E-state index in [4.69, 9.17) is 0 Å². The van der Waals surface area contributed by atoms with Crippen LogP contribution in [0.15, 0.2) is 23.7 Å². The van der Waals surface area contributed by atoms with E-state index in [-0.39, 0.29) is 0 Å². The van der Waals surface area contributed by atoms with Gasteiger partial charge in [-0.1, -0.05) is 19.9 Å². The number of nitrogens with zero attached hydrogens (tertiary/aromatic N) is 1.